The van der Waals surface area contributed by atoms with Crippen LogP contribution in [0.5, 0.6) is 0 Å². The average molecular weight is 248 g/mol. The molecule has 18 heavy (non-hydrogen) atoms. The van der Waals surface area contributed by atoms with Gasteiger partial charge in [0, 0.05) is 5.56 Å². The van der Waals surface area contributed by atoms with E-state index in [2.05, 4.69) is 0 Å². The highest BCUT2D eigenvalue weighted by Gasteiger charge is 2.24. The molecule has 1 unspecified atom stereocenters. The van der Waals surface area contributed by atoms with Crippen molar-refractivity contribution in [1.29, 1.82) is 0 Å². The first kappa shape index (κ1) is 12.2. The van der Waals surface area contributed by atoms with E-state index in [-0.39, 0.29) is 5.56 Å². The van der Waals surface area contributed by atoms with Crippen molar-refractivity contribution in [2.75, 3.05) is 0 Å². The molecule has 0 fully saturated rings. The molecule has 2 aromatic rings. The second-order valence-corrected chi connectivity index (χ2v) is 3.84. The van der Waals surface area contributed by atoms with E-state index >= 15 is 0 Å². The van der Waals surface area contributed by atoms with Crippen molar-refractivity contribution in [3.63, 3.8) is 0 Å². The minimum Gasteiger partial charge on any atom is -0.481 e. The lowest BCUT2D eigenvalue weighted by Crippen LogP contribution is -2.14. The van der Waals surface area contributed by atoms with E-state index in [0.717, 1.165) is 12.1 Å². The normalized spacial score (nSPS) is 12.1. The van der Waals surface area contributed by atoms with Gasteiger partial charge in [0.1, 0.15) is 17.6 Å². The van der Waals surface area contributed by atoms with Crippen LogP contribution >= 0.6 is 0 Å². The fraction of sp³-hybridized carbons (Fsp3) is 0.0714. The lowest BCUT2D eigenvalue weighted by Gasteiger charge is -2.13. The molecule has 0 heterocycles. The number of aliphatic carboxylic acids is 1. The third kappa shape index (κ3) is 2.37. The Morgan fingerprint density at radius 2 is 1.61 bits per heavy atom. The van der Waals surface area contributed by atoms with Gasteiger partial charge in [0.2, 0.25) is 0 Å². The van der Waals surface area contributed by atoms with Crippen molar-refractivity contribution < 1.29 is 18.7 Å². The average Bonchev–Trinajstić information content (AvgIpc) is 2.34. The maximum absolute atomic E-state index is 13.6. The van der Waals surface area contributed by atoms with Crippen molar-refractivity contribution in [3.05, 3.63) is 71.3 Å². The van der Waals surface area contributed by atoms with Crippen LogP contribution < -0.4 is 0 Å². The third-order valence-electron chi connectivity index (χ3n) is 2.67. The molecule has 0 aliphatic heterocycles. The van der Waals surface area contributed by atoms with Gasteiger partial charge in [-0.3, -0.25) is 4.79 Å². The zero-order valence-corrected chi connectivity index (χ0v) is 9.31. The first-order valence-corrected chi connectivity index (χ1v) is 5.32. The van der Waals surface area contributed by atoms with Crippen LogP contribution in [-0.2, 0) is 4.79 Å². The molecule has 0 aliphatic carbocycles. The van der Waals surface area contributed by atoms with E-state index in [1.165, 1.54) is 30.3 Å². The molecular formula is C14H10F2O2. The fourth-order valence-electron chi connectivity index (χ4n) is 1.82. The van der Waals surface area contributed by atoms with Gasteiger partial charge in [-0.05, 0) is 23.8 Å². The van der Waals surface area contributed by atoms with Crippen LogP contribution in [0.4, 0.5) is 8.78 Å². The third-order valence-corrected chi connectivity index (χ3v) is 2.67. The summed E-state index contributed by atoms with van der Waals surface area (Å²) in [6, 6.07) is 10.7. The van der Waals surface area contributed by atoms with E-state index in [4.69, 9.17) is 0 Å². The van der Waals surface area contributed by atoms with E-state index in [0.29, 0.717) is 5.56 Å². The summed E-state index contributed by atoms with van der Waals surface area (Å²) in [7, 11) is 0. The lowest BCUT2D eigenvalue weighted by atomic mass is 9.91. The van der Waals surface area contributed by atoms with E-state index in [1.54, 1.807) is 6.07 Å². The van der Waals surface area contributed by atoms with Crippen LogP contribution in [0.15, 0.2) is 48.5 Å². The number of halogens is 2. The van der Waals surface area contributed by atoms with Gasteiger partial charge in [-0.15, -0.1) is 0 Å². The Morgan fingerprint density at radius 1 is 1.00 bits per heavy atom. The Bertz CT molecular complexity index is 564. The molecule has 0 amide bonds. The molecule has 0 aliphatic rings. The second kappa shape index (κ2) is 4.96. The quantitative estimate of drug-likeness (QED) is 0.905. The largest absolute Gasteiger partial charge is 0.481 e. The standard InChI is InChI=1S/C14H10F2O2/c15-10-7-5-9(6-8-10)13(14(17)18)11-3-1-2-4-12(11)16/h1-8,13H,(H,17,18). The molecule has 2 nitrogen and oxygen atoms in total. The minimum atomic E-state index is -1.17. The number of rotatable bonds is 3. The molecule has 1 N–H and O–H groups in total. The molecule has 1 atom stereocenters. The molecule has 0 spiro atoms. The summed E-state index contributed by atoms with van der Waals surface area (Å²) in [5.41, 5.74) is 0.408. The molecule has 0 aromatic heterocycles. The van der Waals surface area contributed by atoms with Crippen molar-refractivity contribution in [2.24, 2.45) is 0 Å². The van der Waals surface area contributed by atoms with Gasteiger partial charge in [-0.2, -0.15) is 0 Å². The maximum Gasteiger partial charge on any atom is 0.315 e. The highest BCUT2D eigenvalue weighted by atomic mass is 19.1. The second-order valence-electron chi connectivity index (χ2n) is 3.84. The Hall–Kier alpha value is -2.23. The smallest absolute Gasteiger partial charge is 0.315 e. The van der Waals surface area contributed by atoms with Gasteiger partial charge in [0.25, 0.3) is 0 Å². The molecule has 0 radical (unpaired) electrons. The Balaban J connectivity index is 2.50. The van der Waals surface area contributed by atoms with Crippen LogP contribution in [0.3, 0.4) is 0 Å². The van der Waals surface area contributed by atoms with Crippen LogP contribution in [0.25, 0.3) is 0 Å². The molecule has 2 rings (SSSR count). The number of carboxylic acids is 1. The minimum absolute atomic E-state index is 0.0663. The molecule has 92 valence electrons. The SMILES string of the molecule is O=C(O)C(c1ccc(F)cc1)c1ccccc1F. The monoisotopic (exact) mass is 248 g/mol. The number of hydrogen-bond acceptors (Lipinski definition) is 1. The van der Waals surface area contributed by atoms with Crippen LogP contribution in [0.1, 0.15) is 17.0 Å². The predicted octanol–water partition coefficient (Wildman–Crippen LogP) is 3.18. The van der Waals surface area contributed by atoms with E-state index < -0.39 is 23.5 Å². The Morgan fingerprint density at radius 3 is 2.17 bits per heavy atom. The number of carboxylic acid groups (broad SMARTS) is 1. The highest BCUT2D eigenvalue weighted by Crippen LogP contribution is 2.27. The summed E-state index contributed by atoms with van der Waals surface area (Å²) in [6.07, 6.45) is 0. The first-order valence-electron chi connectivity index (χ1n) is 5.32. The molecule has 2 aromatic carbocycles. The van der Waals surface area contributed by atoms with Crippen molar-refractivity contribution in [2.45, 2.75) is 5.92 Å². The molecule has 0 saturated carbocycles. The van der Waals surface area contributed by atoms with Gasteiger partial charge in [0.15, 0.2) is 0 Å². The maximum atomic E-state index is 13.6. The Kier molecular flexibility index (Phi) is 3.37. The number of benzene rings is 2. The number of hydrogen-bond donors (Lipinski definition) is 1. The molecule has 0 bridgehead atoms. The van der Waals surface area contributed by atoms with Crippen LogP contribution in [-0.4, -0.2) is 11.1 Å². The van der Waals surface area contributed by atoms with Crippen molar-refractivity contribution >= 4 is 5.97 Å². The molecular weight excluding hydrogens is 238 g/mol. The van der Waals surface area contributed by atoms with Gasteiger partial charge >= 0.3 is 5.97 Å². The summed E-state index contributed by atoms with van der Waals surface area (Å²) in [4.78, 5) is 11.3. The van der Waals surface area contributed by atoms with Gasteiger partial charge in [0.05, 0.1) is 0 Å². The number of carbonyl (C=O) groups is 1. The molecule has 0 saturated heterocycles. The van der Waals surface area contributed by atoms with Gasteiger partial charge in [-0.1, -0.05) is 30.3 Å². The summed E-state index contributed by atoms with van der Waals surface area (Å²) in [5.74, 6) is -3.36. The predicted molar refractivity (Wildman–Crippen MR) is 62.3 cm³/mol. The summed E-state index contributed by atoms with van der Waals surface area (Å²) >= 11 is 0. The summed E-state index contributed by atoms with van der Waals surface area (Å²) < 4.78 is 26.4. The van der Waals surface area contributed by atoms with E-state index in [9.17, 15) is 18.7 Å². The first-order chi connectivity index (χ1) is 8.59. The van der Waals surface area contributed by atoms with Gasteiger partial charge < -0.3 is 5.11 Å². The van der Waals surface area contributed by atoms with Crippen LogP contribution in [0.2, 0.25) is 0 Å². The summed E-state index contributed by atoms with van der Waals surface area (Å²) in [5, 5.41) is 9.21. The van der Waals surface area contributed by atoms with Gasteiger partial charge in [-0.25, -0.2) is 8.78 Å². The molecule has 4 heteroatoms. The van der Waals surface area contributed by atoms with Crippen LogP contribution in [0, 0.1) is 11.6 Å². The fourth-order valence-corrected chi connectivity index (χ4v) is 1.82. The lowest BCUT2D eigenvalue weighted by molar-refractivity contribution is -0.137. The zero-order valence-electron chi connectivity index (χ0n) is 9.31. The van der Waals surface area contributed by atoms with E-state index in [1.807, 2.05) is 0 Å². The van der Waals surface area contributed by atoms with Crippen molar-refractivity contribution in [3.8, 4) is 0 Å². The zero-order chi connectivity index (χ0) is 13.1. The summed E-state index contributed by atoms with van der Waals surface area (Å²) in [6.45, 7) is 0. The Labute approximate surface area is 103 Å². The highest BCUT2D eigenvalue weighted by molar-refractivity contribution is 5.80. The topological polar surface area (TPSA) is 37.3 Å². The van der Waals surface area contributed by atoms with Crippen molar-refractivity contribution in [1.82, 2.24) is 0 Å².